The molecule has 0 spiro atoms. The topological polar surface area (TPSA) is 80.2 Å². The SMILES string of the molecule is COCc1cccc(CNC(=O)c2c(C)oc(-n3cccc3)c2C#N)c1. The van der Waals surface area contributed by atoms with Crippen LogP contribution in [0.3, 0.4) is 0 Å². The molecule has 26 heavy (non-hydrogen) atoms. The number of amides is 1. The van der Waals surface area contributed by atoms with Crippen molar-refractivity contribution in [3.05, 3.63) is 76.8 Å². The van der Waals surface area contributed by atoms with E-state index in [9.17, 15) is 10.1 Å². The summed E-state index contributed by atoms with van der Waals surface area (Å²) in [5.41, 5.74) is 2.48. The van der Waals surface area contributed by atoms with Crippen molar-refractivity contribution in [3.63, 3.8) is 0 Å². The Bertz CT molecular complexity index is 949. The molecular formula is C20H19N3O3. The van der Waals surface area contributed by atoms with Crippen LogP contribution in [0.15, 0.2) is 53.2 Å². The Hall–Kier alpha value is -3.30. The molecule has 1 N–H and O–H groups in total. The lowest BCUT2D eigenvalue weighted by Crippen LogP contribution is -2.24. The van der Waals surface area contributed by atoms with Crippen LogP contribution in [0, 0.1) is 18.3 Å². The molecule has 0 aliphatic rings. The smallest absolute Gasteiger partial charge is 0.256 e. The number of aromatic nitrogens is 1. The van der Waals surface area contributed by atoms with E-state index in [2.05, 4.69) is 11.4 Å². The van der Waals surface area contributed by atoms with E-state index in [1.165, 1.54) is 0 Å². The highest BCUT2D eigenvalue weighted by molar-refractivity contribution is 5.98. The molecule has 6 nitrogen and oxygen atoms in total. The van der Waals surface area contributed by atoms with Crippen LogP contribution in [0.1, 0.15) is 32.8 Å². The van der Waals surface area contributed by atoms with E-state index in [0.29, 0.717) is 24.8 Å². The van der Waals surface area contributed by atoms with E-state index >= 15 is 0 Å². The molecule has 0 bridgehead atoms. The lowest BCUT2D eigenvalue weighted by molar-refractivity contribution is 0.0949. The number of carbonyl (C=O) groups is 1. The van der Waals surface area contributed by atoms with E-state index in [1.807, 2.05) is 36.4 Å². The van der Waals surface area contributed by atoms with Crippen molar-refractivity contribution in [2.75, 3.05) is 7.11 Å². The summed E-state index contributed by atoms with van der Waals surface area (Å²) in [6.07, 6.45) is 3.53. The molecule has 3 rings (SSSR count). The zero-order chi connectivity index (χ0) is 18.5. The number of aryl methyl sites for hydroxylation is 1. The van der Waals surface area contributed by atoms with Crippen LogP contribution in [0.25, 0.3) is 5.88 Å². The summed E-state index contributed by atoms with van der Waals surface area (Å²) < 4.78 is 12.5. The monoisotopic (exact) mass is 349 g/mol. The highest BCUT2D eigenvalue weighted by Crippen LogP contribution is 2.25. The fraction of sp³-hybridized carbons (Fsp3) is 0.200. The van der Waals surface area contributed by atoms with Gasteiger partial charge in [0.2, 0.25) is 5.88 Å². The molecule has 0 radical (unpaired) electrons. The van der Waals surface area contributed by atoms with Crippen molar-refractivity contribution < 1.29 is 13.9 Å². The highest BCUT2D eigenvalue weighted by Gasteiger charge is 2.24. The number of nitrogens with zero attached hydrogens (tertiary/aromatic N) is 2. The van der Waals surface area contributed by atoms with Crippen LogP contribution in [-0.4, -0.2) is 17.6 Å². The molecule has 2 aromatic heterocycles. The van der Waals surface area contributed by atoms with Crippen LogP contribution >= 0.6 is 0 Å². The van der Waals surface area contributed by atoms with Crippen molar-refractivity contribution in [2.24, 2.45) is 0 Å². The second-order valence-corrected chi connectivity index (χ2v) is 5.85. The van der Waals surface area contributed by atoms with E-state index in [1.54, 1.807) is 31.0 Å². The Kier molecular flexibility index (Phi) is 5.20. The number of hydrogen-bond acceptors (Lipinski definition) is 4. The molecule has 0 fully saturated rings. The highest BCUT2D eigenvalue weighted by atomic mass is 16.5. The molecule has 0 atom stereocenters. The maximum absolute atomic E-state index is 12.7. The summed E-state index contributed by atoms with van der Waals surface area (Å²) in [5, 5.41) is 12.4. The Morgan fingerprint density at radius 3 is 2.69 bits per heavy atom. The number of methoxy groups -OCH3 is 1. The van der Waals surface area contributed by atoms with Crippen LogP contribution in [0.4, 0.5) is 0 Å². The molecular weight excluding hydrogens is 330 g/mol. The normalized spacial score (nSPS) is 10.5. The van der Waals surface area contributed by atoms with Crippen LogP contribution in [-0.2, 0) is 17.9 Å². The Morgan fingerprint density at radius 1 is 1.27 bits per heavy atom. The molecule has 6 heteroatoms. The van der Waals surface area contributed by atoms with Crippen molar-refractivity contribution in [1.29, 1.82) is 5.26 Å². The summed E-state index contributed by atoms with van der Waals surface area (Å²) in [7, 11) is 1.64. The van der Waals surface area contributed by atoms with E-state index in [0.717, 1.165) is 11.1 Å². The third-order valence-electron chi connectivity index (χ3n) is 4.00. The van der Waals surface area contributed by atoms with E-state index < -0.39 is 0 Å². The minimum Gasteiger partial charge on any atom is -0.443 e. The van der Waals surface area contributed by atoms with E-state index in [4.69, 9.17) is 9.15 Å². The Morgan fingerprint density at radius 2 is 2.00 bits per heavy atom. The summed E-state index contributed by atoms with van der Waals surface area (Å²) in [5.74, 6) is 0.427. The number of furan rings is 1. The predicted molar refractivity (Wildman–Crippen MR) is 95.8 cm³/mol. The molecule has 0 saturated heterocycles. The standard InChI is InChI=1S/C20H19N3O3/c1-14-18(17(11-21)20(26-14)23-8-3-4-9-23)19(24)22-12-15-6-5-7-16(10-15)13-25-2/h3-10H,12-13H2,1-2H3,(H,22,24). The minimum atomic E-state index is -0.335. The molecule has 2 heterocycles. The number of nitriles is 1. The number of rotatable bonds is 6. The van der Waals surface area contributed by atoms with Gasteiger partial charge in [0, 0.05) is 26.0 Å². The Labute approximate surface area is 151 Å². The van der Waals surface area contributed by atoms with Crippen molar-refractivity contribution in [1.82, 2.24) is 9.88 Å². The zero-order valence-corrected chi connectivity index (χ0v) is 14.7. The summed E-state index contributed by atoms with van der Waals surface area (Å²) in [6, 6.07) is 13.5. The molecule has 3 aromatic rings. The lowest BCUT2D eigenvalue weighted by atomic mass is 10.1. The van der Waals surface area contributed by atoms with Gasteiger partial charge in [-0.2, -0.15) is 5.26 Å². The minimum absolute atomic E-state index is 0.226. The first kappa shape index (κ1) is 17.5. The molecule has 0 unspecified atom stereocenters. The summed E-state index contributed by atoms with van der Waals surface area (Å²) >= 11 is 0. The van der Waals surface area contributed by atoms with Gasteiger partial charge in [0.15, 0.2) is 0 Å². The largest absolute Gasteiger partial charge is 0.443 e. The summed E-state index contributed by atoms with van der Waals surface area (Å²) in [4.78, 5) is 12.7. The predicted octanol–water partition coefficient (Wildman–Crippen LogP) is 3.33. The maximum Gasteiger partial charge on any atom is 0.256 e. The molecule has 1 aromatic carbocycles. The molecule has 1 amide bonds. The van der Waals surface area contributed by atoms with Gasteiger partial charge in [0.1, 0.15) is 23.0 Å². The zero-order valence-electron chi connectivity index (χ0n) is 14.7. The first-order valence-corrected chi connectivity index (χ1v) is 8.15. The number of carbonyl (C=O) groups excluding carboxylic acids is 1. The van der Waals surface area contributed by atoms with Crippen molar-refractivity contribution >= 4 is 5.91 Å². The van der Waals surface area contributed by atoms with Gasteiger partial charge in [-0.15, -0.1) is 0 Å². The number of hydrogen-bond donors (Lipinski definition) is 1. The number of benzene rings is 1. The van der Waals surface area contributed by atoms with Crippen LogP contribution in [0.2, 0.25) is 0 Å². The maximum atomic E-state index is 12.7. The van der Waals surface area contributed by atoms with Crippen molar-refractivity contribution in [3.8, 4) is 12.0 Å². The first-order chi connectivity index (χ1) is 12.6. The fourth-order valence-electron chi connectivity index (χ4n) is 2.83. The fourth-order valence-corrected chi connectivity index (χ4v) is 2.83. The Balaban J connectivity index is 1.80. The lowest BCUT2D eigenvalue weighted by Gasteiger charge is -2.07. The molecule has 0 aliphatic heterocycles. The average Bonchev–Trinajstić information content (AvgIpc) is 3.27. The third-order valence-corrected chi connectivity index (χ3v) is 4.00. The second kappa shape index (κ2) is 7.72. The molecule has 0 aliphatic carbocycles. The number of nitrogens with one attached hydrogen (secondary N) is 1. The third kappa shape index (κ3) is 3.53. The summed E-state index contributed by atoms with van der Waals surface area (Å²) in [6.45, 7) is 2.55. The van der Waals surface area contributed by atoms with Crippen molar-refractivity contribution in [2.45, 2.75) is 20.1 Å². The van der Waals surface area contributed by atoms with Crippen LogP contribution in [0.5, 0.6) is 0 Å². The van der Waals surface area contributed by atoms with Gasteiger partial charge in [0.05, 0.1) is 6.61 Å². The van der Waals surface area contributed by atoms with Gasteiger partial charge in [-0.05, 0) is 30.2 Å². The van der Waals surface area contributed by atoms with E-state index in [-0.39, 0.29) is 17.0 Å². The first-order valence-electron chi connectivity index (χ1n) is 8.15. The van der Waals surface area contributed by atoms with Gasteiger partial charge in [-0.3, -0.25) is 9.36 Å². The molecule has 0 saturated carbocycles. The average molecular weight is 349 g/mol. The van der Waals surface area contributed by atoms with Gasteiger partial charge in [-0.25, -0.2) is 0 Å². The van der Waals surface area contributed by atoms with Crippen LogP contribution < -0.4 is 5.32 Å². The quantitative estimate of drug-likeness (QED) is 0.740. The molecule has 132 valence electrons. The van der Waals surface area contributed by atoms with Gasteiger partial charge in [0.25, 0.3) is 5.91 Å². The van der Waals surface area contributed by atoms with Gasteiger partial charge < -0.3 is 14.5 Å². The number of ether oxygens (including phenoxy) is 1. The van der Waals surface area contributed by atoms with Gasteiger partial charge in [-0.1, -0.05) is 24.3 Å². The van der Waals surface area contributed by atoms with Gasteiger partial charge >= 0.3 is 0 Å². The second-order valence-electron chi connectivity index (χ2n) is 5.85.